The number of esters is 1. The van der Waals surface area contributed by atoms with Crippen LogP contribution in [0.4, 0.5) is 0 Å². The number of hydrogen-bond acceptors (Lipinski definition) is 9. The monoisotopic (exact) mass is 812 g/mol. The van der Waals surface area contributed by atoms with E-state index in [0.717, 1.165) is 89.2 Å². The fourth-order valence-corrected chi connectivity index (χ4v) is 8.07. The summed E-state index contributed by atoms with van der Waals surface area (Å²) in [5.41, 5.74) is 7.29. The lowest BCUT2D eigenvalue weighted by Gasteiger charge is -2.19. The van der Waals surface area contributed by atoms with E-state index in [2.05, 4.69) is 37.3 Å². The molecular weight excluding hydrogens is 761 g/mol. The van der Waals surface area contributed by atoms with Crippen molar-refractivity contribution in [1.82, 2.24) is 31.2 Å². The molecule has 2 amide bonds. The maximum atomic E-state index is 12.6. The van der Waals surface area contributed by atoms with Gasteiger partial charge in [-0.25, -0.2) is 0 Å². The lowest BCUT2D eigenvalue weighted by Crippen LogP contribution is -2.27. The molecule has 13 nitrogen and oxygen atoms in total. The molecule has 2 atom stereocenters. The second-order valence-corrected chi connectivity index (χ2v) is 16.2. The van der Waals surface area contributed by atoms with Crippen molar-refractivity contribution in [3.8, 4) is 11.5 Å². The summed E-state index contributed by atoms with van der Waals surface area (Å²) >= 11 is 0. The van der Waals surface area contributed by atoms with E-state index >= 15 is 0 Å². The van der Waals surface area contributed by atoms with Gasteiger partial charge < -0.3 is 46.2 Å². The molecule has 0 bridgehead atoms. The Balaban J connectivity index is 0.000000208. The van der Waals surface area contributed by atoms with Crippen LogP contribution < -0.4 is 21.3 Å². The predicted octanol–water partition coefficient (Wildman–Crippen LogP) is 7.20. The lowest BCUT2D eigenvalue weighted by molar-refractivity contribution is -0.154. The molecule has 0 fully saturated rings. The van der Waals surface area contributed by atoms with Crippen LogP contribution in [0.1, 0.15) is 124 Å². The number of aromatic hydroxyl groups is 2. The Morgan fingerprint density at radius 1 is 0.700 bits per heavy atom. The first-order valence-corrected chi connectivity index (χ1v) is 20.5. The normalized spacial score (nSPS) is 15.6. The molecular formula is C47H52N6O7. The Morgan fingerprint density at radius 2 is 1.23 bits per heavy atom. The highest BCUT2D eigenvalue weighted by Gasteiger charge is 2.34. The van der Waals surface area contributed by atoms with E-state index in [1.807, 2.05) is 63.2 Å². The molecule has 8 rings (SSSR count). The summed E-state index contributed by atoms with van der Waals surface area (Å²) in [7, 11) is 0. The Labute approximate surface area is 348 Å². The average Bonchev–Trinajstić information content (AvgIpc) is 3.95. The number of fused-ring (bicyclic) bond motifs is 4. The molecule has 2 aliphatic heterocycles. The molecule has 60 heavy (non-hydrogen) atoms. The van der Waals surface area contributed by atoms with E-state index in [9.17, 15) is 29.4 Å². The number of amides is 2. The maximum Gasteiger partial charge on any atom is 0.307 e. The van der Waals surface area contributed by atoms with Gasteiger partial charge in [-0.2, -0.15) is 0 Å². The zero-order chi connectivity index (χ0) is 42.4. The number of aldehydes is 1. The van der Waals surface area contributed by atoms with Gasteiger partial charge in [0.2, 0.25) is 0 Å². The van der Waals surface area contributed by atoms with Crippen molar-refractivity contribution in [1.29, 1.82) is 0 Å². The van der Waals surface area contributed by atoms with E-state index in [1.54, 1.807) is 30.3 Å². The van der Waals surface area contributed by atoms with Gasteiger partial charge in [0.05, 0.1) is 24.2 Å². The molecule has 8 N–H and O–H groups in total. The number of para-hydroxylation sites is 2. The number of rotatable bonds is 15. The number of hydrogen-bond donors (Lipinski definition) is 8. The van der Waals surface area contributed by atoms with Gasteiger partial charge in [0.15, 0.2) is 6.29 Å². The van der Waals surface area contributed by atoms with Crippen molar-refractivity contribution >= 4 is 45.9 Å². The molecule has 4 aromatic carbocycles. The van der Waals surface area contributed by atoms with Crippen LogP contribution in [0.5, 0.6) is 11.5 Å². The van der Waals surface area contributed by atoms with Gasteiger partial charge in [-0.1, -0.05) is 49.2 Å². The molecule has 2 unspecified atom stereocenters. The van der Waals surface area contributed by atoms with Crippen LogP contribution in [0.2, 0.25) is 0 Å². The summed E-state index contributed by atoms with van der Waals surface area (Å²) in [6.45, 7) is 8.76. The molecule has 312 valence electrons. The first-order valence-electron chi connectivity index (χ1n) is 20.5. The number of ether oxygens (including phenoxy) is 1. The number of benzene rings is 4. The van der Waals surface area contributed by atoms with Gasteiger partial charge in [-0.3, -0.25) is 19.2 Å². The molecule has 6 aromatic rings. The summed E-state index contributed by atoms with van der Waals surface area (Å²) in [6.07, 6.45) is 5.56. The molecule has 13 heteroatoms. The van der Waals surface area contributed by atoms with Crippen LogP contribution in [-0.2, 0) is 16.1 Å². The van der Waals surface area contributed by atoms with Crippen LogP contribution in [0.3, 0.4) is 0 Å². The number of unbranched alkanes of at least 4 members (excludes halogenated alkanes) is 3. The summed E-state index contributed by atoms with van der Waals surface area (Å²) in [6, 6.07) is 24.5. The van der Waals surface area contributed by atoms with E-state index in [-0.39, 0.29) is 35.3 Å². The van der Waals surface area contributed by atoms with Crippen LogP contribution in [0, 0.1) is 0 Å². The summed E-state index contributed by atoms with van der Waals surface area (Å²) in [5, 5.41) is 34.6. The largest absolute Gasteiger partial charge is 0.508 e. The van der Waals surface area contributed by atoms with Crippen LogP contribution in [-0.4, -0.2) is 69.5 Å². The van der Waals surface area contributed by atoms with Crippen LogP contribution >= 0.6 is 0 Å². The molecule has 0 spiro atoms. The van der Waals surface area contributed by atoms with Crippen LogP contribution in [0.25, 0.3) is 21.8 Å². The van der Waals surface area contributed by atoms with Crippen LogP contribution in [0.15, 0.2) is 84.9 Å². The summed E-state index contributed by atoms with van der Waals surface area (Å²) in [4.78, 5) is 54.5. The fourth-order valence-electron chi connectivity index (χ4n) is 8.07. The number of phenols is 2. The van der Waals surface area contributed by atoms with Crippen molar-refractivity contribution in [2.75, 3.05) is 19.6 Å². The minimum atomic E-state index is -0.453. The van der Waals surface area contributed by atoms with Gasteiger partial charge in [-0.05, 0) is 106 Å². The van der Waals surface area contributed by atoms with Gasteiger partial charge in [0, 0.05) is 62.8 Å². The molecule has 0 radical (unpaired) electrons. The third-order valence-electron chi connectivity index (χ3n) is 10.7. The lowest BCUT2D eigenvalue weighted by atomic mass is 9.95. The third kappa shape index (κ3) is 9.38. The molecule has 4 heterocycles. The predicted molar refractivity (Wildman–Crippen MR) is 230 cm³/mol. The van der Waals surface area contributed by atoms with Gasteiger partial charge >= 0.3 is 5.97 Å². The van der Waals surface area contributed by atoms with Gasteiger partial charge in [-0.15, -0.1) is 0 Å². The highest BCUT2D eigenvalue weighted by atomic mass is 16.6. The SMILES string of the molecule is CC(C)(C)OC(=O)CCNCCCCCCNCc1[nH]c2ccccc2c1C1NC(=O)c2ccc(O)cc21.O=Cc1[nH]c2ccccc2c1C1NC(=O)c2ccc(O)cc21. The van der Waals surface area contributed by atoms with E-state index in [0.29, 0.717) is 41.9 Å². The minimum Gasteiger partial charge on any atom is -0.508 e. The molecule has 2 aromatic heterocycles. The average molecular weight is 813 g/mol. The molecule has 0 aliphatic carbocycles. The van der Waals surface area contributed by atoms with Crippen molar-refractivity contribution < 1.29 is 34.1 Å². The fraction of sp³-hybridized carbons (Fsp3) is 0.319. The number of carbonyl (C=O) groups excluding carboxylic acids is 4. The first-order chi connectivity index (χ1) is 28.9. The minimum absolute atomic E-state index is 0.0905. The zero-order valence-corrected chi connectivity index (χ0v) is 34.1. The molecule has 2 aliphatic rings. The second kappa shape index (κ2) is 18.2. The van der Waals surface area contributed by atoms with Crippen molar-refractivity contribution in [2.45, 2.75) is 77.1 Å². The van der Waals surface area contributed by atoms with Gasteiger partial charge in [0.1, 0.15) is 17.1 Å². The van der Waals surface area contributed by atoms with Gasteiger partial charge in [0.25, 0.3) is 11.8 Å². The number of carbonyl (C=O) groups is 4. The number of H-pyrrole nitrogens is 2. The quantitative estimate of drug-likeness (QED) is 0.0300. The number of aromatic amines is 2. The Kier molecular flexibility index (Phi) is 12.7. The highest BCUT2D eigenvalue weighted by molar-refractivity contribution is 6.03. The second-order valence-electron chi connectivity index (χ2n) is 16.2. The van der Waals surface area contributed by atoms with Crippen molar-refractivity contribution in [3.05, 3.63) is 130 Å². The molecule has 0 saturated heterocycles. The van der Waals surface area contributed by atoms with E-state index in [1.165, 1.54) is 6.07 Å². The van der Waals surface area contributed by atoms with E-state index < -0.39 is 11.6 Å². The number of phenolic OH excluding ortho intramolecular Hbond substituents is 2. The maximum absolute atomic E-state index is 12.6. The Hall–Kier alpha value is -6.44. The topological polar surface area (TPSA) is 198 Å². The highest BCUT2D eigenvalue weighted by Crippen LogP contribution is 2.40. The van der Waals surface area contributed by atoms with Crippen molar-refractivity contribution in [2.24, 2.45) is 0 Å². The molecule has 0 saturated carbocycles. The van der Waals surface area contributed by atoms with E-state index in [4.69, 9.17) is 4.74 Å². The standard InChI is InChI=1S/C30H40N4O4.C17H12N2O3/c1-30(2,3)38-26(36)14-17-31-15-8-4-5-9-16-32-19-25-27(22-10-6-7-11-24(22)33-25)28-23-18-20(35)12-13-21(23)29(37)34-28;20-8-14-15(11-3-1-2-4-13(11)18-14)16-12-7-9(21)5-6-10(12)17(22)19-16/h6-7,10-13,18,28,31-33,35H,4-5,8-9,14-17,19H2,1-3H3,(H,34,37);1-8,16,18,21H,(H,19,22). The first kappa shape index (κ1) is 41.7. The smallest absolute Gasteiger partial charge is 0.307 e. The number of aromatic nitrogens is 2. The Morgan fingerprint density at radius 3 is 1.82 bits per heavy atom. The Bertz CT molecular complexity index is 2530. The van der Waals surface area contributed by atoms with Crippen molar-refractivity contribution in [3.63, 3.8) is 0 Å². The number of nitrogens with one attached hydrogen (secondary N) is 6. The summed E-state index contributed by atoms with van der Waals surface area (Å²) in [5.74, 6) is -0.238. The third-order valence-corrected chi connectivity index (χ3v) is 10.7. The summed E-state index contributed by atoms with van der Waals surface area (Å²) < 4.78 is 5.31. The zero-order valence-electron chi connectivity index (χ0n) is 34.1.